The molecule has 1 aromatic heterocycles. The van der Waals surface area contributed by atoms with Gasteiger partial charge in [-0.3, -0.25) is 14.5 Å². The molecule has 7 heteroatoms. The third-order valence-corrected chi connectivity index (χ3v) is 6.46. The molecule has 2 heterocycles. The fourth-order valence-electron chi connectivity index (χ4n) is 3.81. The van der Waals surface area contributed by atoms with Crippen LogP contribution in [0.3, 0.4) is 0 Å². The number of ether oxygens (including phenoxy) is 1. The first-order valence-electron chi connectivity index (χ1n) is 10.2. The molecule has 2 aromatic carbocycles. The highest BCUT2D eigenvalue weighted by molar-refractivity contribution is 7.10. The number of methoxy groups -OCH3 is 1. The number of thiophene rings is 1. The molecule has 4 rings (SSSR count). The van der Waals surface area contributed by atoms with Gasteiger partial charge in [0.2, 0.25) is 0 Å². The molecule has 0 fully saturated rings. The standard InChI is InChI=1S/C24H25N3O3S/c1-30-20-10-8-19(9-11-20)26-24(29)23(28)25-15-21(22-7-4-14-31-22)27-13-12-17-5-2-3-6-18(17)16-27/h2-11,14,21H,12-13,15-16H2,1H3,(H,25,28)(H,26,29). The summed E-state index contributed by atoms with van der Waals surface area (Å²) in [6.07, 6.45) is 0.976. The summed E-state index contributed by atoms with van der Waals surface area (Å²) >= 11 is 1.67. The maximum Gasteiger partial charge on any atom is 0.313 e. The van der Waals surface area contributed by atoms with Crippen LogP contribution in [0.2, 0.25) is 0 Å². The van der Waals surface area contributed by atoms with Crippen molar-refractivity contribution in [1.29, 1.82) is 0 Å². The van der Waals surface area contributed by atoms with Gasteiger partial charge in [0, 0.05) is 30.2 Å². The first kappa shape index (κ1) is 21.1. The van der Waals surface area contributed by atoms with E-state index in [1.165, 1.54) is 16.0 Å². The van der Waals surface area contributed by atoms with Gasteiger partial charge in [-0.25, -0.2) is 0 Å². The zero-order chi connectivity index (χ0) is 21.6. The van der Waals surface area contributed by atoms with Gasteiger partial charge in [-0.2, -0.15) is 0 Å². The van der Waals surface area contributed by atoms with Crippen LogP contribution in [-0.4, -0.2) is 36.9 Å². The largest absolute Gasteiger partial charge is 0.497 e. The molecule has 1 aliphatic heterocycles. The van der Waals surface area contributed by atoms with E-state index in [4.69, 9.17) is 4.74 Å². The zero-order valence-electron chi connectivity index (χ0n) is 17.3. The van der Waals surface area contributed by atoms with Crippen molar-refractivity contribution in [2.45, 2.75) is 19.0 Å². The summed E-state index contributed by atoms with van der Waals surface area (Å²) in [6.45, 7) is 2.11. The third-order valence-electron chi connectivity index (χ3n) is 5.48. The van der Waals surface area contributed by atoms with Crippen LogP contribution in [0.15, 0.2) is 66.0 Å². The number of carbonyl (C=O) groups excluding carboxylic acids is 2. The number of benzene rings is 2. The van der Waals surface area contributed by atoms with E-state index >= 15 is 0 Å². The molecule has 2 N–H and O–H groups in total. The van der Waals surface area contributed by atoms with Gasteiger partial charge in [0.1, 0.15) is 5.75 Å². The first-order chi connectivity index (χ1) is 15.1. The van der Waals surface area contributed by atoms with Crippen LogP contribution in [0.25, 0.3) is 0 Å². The Bertz CT molecular complexity index is 1030. The number of fused-ring (bicyclic) bond motifs is 1. The molecule has 31 heavy (non-hydrogen) atoms. The van der Waals surface area contributed by atoms with Crippen LogP contribution in [0, 0.1) is 0 Å². The lowest BCUT2D eigenvalue weighted by atomic mass is 9.98. The number of carbonyl (C=O) groups is 2. The van der Waals surface area contributed by atoms with Crippen LogP contribution in [0.4, 0.5) is 5.69 Å². The summed E-state index contributed by atoms with van der Waals surface area (Å²) in [5.41, 5.74) is 3.24. The lowest BCUT2D eigenvalue weighted by Crippen LogP contribution is -2.43. The number of rotatable bonds is 6. The highest BCUT2D eigenvalue weighted by Gasteiger charge is 2.26. The van der Waals surface area contributed by atoms with Crippen LogP contribution < -0.4 is 15.4 Å². The van der Waals surface area contributed by atoms with Gasteiger partial charge in [-0.15, -0.1) is 11.3 Å². The maximum atomic E-state index is 12.5. The monoisotopic (exact) mass is 435 g/mol. The van der Waals surface area contributed by atoms with Crippen molar-refractivity contribution >= 4 is 28.8 Å². The Morgan fingerprint density at radius 2 is 1.81 bits per heavy atom. The molecule has 0 spiro atoms. The van der Waals surface area contributed by atoms with E-state index < -0.39 is 11.8 Å². The average Bonchev–Trinajstić information content (AvgIpc) is 3.34. The summed E-state index contributed by atoms with van der Waals surface area (Å²) < 4.78 is 5.11. The number of amides is 2. The topological polar surface area (TPSA) is 70.7 Å². The predicted octanol–water partition coefficient (Wildman–Crippen LogP) is 3.61. The summed E-state index contributed by atoms with van der Waals surface area (Å²) in [5, 5.41) is 7.49. The molecule has 0 saturated heterocycles. The molecule has 3 aromatic rings. The molecule has 1 atom stereocenters. The van der Waals surface area contributed by atoms with Crippen LogP contribution in [-0.2, 0) is 22.6 Å². The lowest BCUT2D eigenvalue weighted by Gasteiger charge is -2.35. The SMILES string of the molecule is COc1ccc(NC(=O)C(=O)NCC(c2cccs2)N2CCc3ccccc3C2)cc1. The van der Waals surface area contributed by atoms with Crippen LogP contribution in [0.5, 0.6) is 5.75 Å². The highest BCUT2D eigenvalue weighted by Crippen LogP contribution is 2.30. The Balaban J connectivity index is 1.39. The molecular weight excluding hydrogens is 410 g/mol. The Labute approximate surface area is 185 Å². The molecule has 1 unspecified atom stereocenters. The second-order valence-corrected chi connectivity index (χ2v) is 8.39. The van der Waals surface area contributed by atoms with Gasteiger partial charge >= 0.3 is 11.8 Å². The summed E-state index contributed by atoms with van der Waals surface area (Å²) in [7, 11) is 1.58. The van der Waals surface area contributed by atoms with Crippen LogP contribution >= 0.6 is 11.3 Å². The number of nitrogens with zero attached hydrogens (tertiary/aromatic N) is 1. The predicted molar refractivity (Wildman–Crippen MR) is 122 cm³/mol. The molecule has 160 valence electrons. The minimum absolute atomic E-state index is 0.0195. The Morgan fingerprint density at radius 3 is 2.52 bits per heavy atom. The van der Waals surface area contributed by atoms with E-state index in [9.17, 15) is 9.59 Å². The van der Waals surface area contributed by atoms with E-state index in [1.807, 2.05) is 11.4 Å². The van der Waals surface area contributed by atoms with Gasteiger partial charge in [0.05, 0.1) is 13.2 Å². The minimum atomic E-state index is -0.681. The Morgan fingerprint density at radius 1 is 1.03 bits per heavy atom. The Kier molecular flexibility index (Phi) is 6.64. The average molecular weight is 436 g/mol. The van der Waals surface area contributed by atoms with Crippen LogP contribution in [0.1, 0.15) is 22.0 Å². The molecule has 0 bridgehead atoms. The molecule has 0 radical (unpaired) electrons. The van der Waals surface area contributed by atoms with E-state index in [1.54, 1.807) is 42.7 Å². The number of hydrogen-bond donors (Lipinski definition) is 2. The summed E-state index contributed by atoms with van der Waals surface area (Å²) in [4.78, 5) is 28.4. The number of anilines is 1. The number of nitrogens with one attached hydrogen (secondary N) is 2. The Hall–Kier alpha value is -3.16. The maximum absolute atomic E-state index is 12.5. The molecule has 6 nitrogen and oxygen atoms in total. The smallest absolute Gasteiger partial charge is 0.313 e. The van der Waals surface area contributed by atoms with Crippen molar-refractivity contribution in [3.8, 4) is 5.75 Å². The fourth-order valence-corrected chi connectivity index (χ4v) is 4.67. The molecule has 1 aliphatic rings. The molecule has 2 amide bonds. The summed E-state index contributed by atoms with van der Waals surface area (Å²) in [6, 6.07) is 19.5. The van der Waals surface area contributed by atoms with Gasteiger partial charge in [0.15, 0.2) is 0 Å². The van der Waals surface area contributed by atoms with E-state index in [2.05, 4.69) is 45.9 Å². The summed E-state index contributed by atoms with van der Waals surface area (Å²) in [5.74, 6) is -0.641. The van der Waals surface area contributed by atoms with E-state index in [0.29, 0.717) is 18.0 Å². The highest BCUT2D eigenvalue weighted by atomic mass is 32.1. The third kappa shape index (κ3) is 5.13. The van der Waals surface area contributed by atoms with Crippen molar-refractivity contribution in [2.75, 3.05) is 25.5 Å². The second kappa shape index (κ2) is 9.76. The fraction of sp³-hybridized carbons (Fsp3) is 0.250. The van der Waals surface area contributed by atoms with Crippen molar-refractivity contribution in [1.82, 2.24) is 10.2 Å². The molecule has 0 aliphatic carbocycles. The van der Waals surface area contributed by atoms with E-state index in [0.717, 1.165) is 19.5 Å². The molecule has 0 saturated carbocycles. The minimum Gasteiger partial charge on any atom is -0.497 e. The van der Waals surface area contributed by atoms with Gasteiger partial charge < -0.3 is 15.4 Å². The van der Waals surface area contributed by atoms with Crippen molar-refractivity contribution in [2.24, 2.45) is 0 Å². The van der Waals surface area contributed by atoms with Gasteiger partial charge in [-0.05, 0) is 53.3 Å². The quantitative estimate of drug-likeness (QED) is 0.581. The van der Waals surface area contributed by atoms with Gasteiger partial charge in [-0.1, -0.05) is 30.3 Å². The van der Waals surface area contributed by atoms with Crippen molar-refractivity contribution < 1.29 is 14.3 Å². The number of hydrogen-bond acceptors (Lipinski definition) is 5. The first-order valence-corrected chi connectivity index (χ1v) is 11.1. The lowest BCUT2D eigenvalue weighted by molar-refractivity contribution is -0.136. The van der Waals surface area contributed by atoms with Gasteiger partial charge in [0.25, 0.3) is 0 Å². The van der Waals surface area contributed by atoms with Crippen molar-refractivity contribution in [3.63, 3.8) is 0 Å². The molecular formula is C24H25N3O3S. The van der Waals surface area contributed by atoms with E-state index in [-0.39, 0.29) is 6.04 Å². The normalized spacial score (nSPS) is 14.4. The van der Waals surface area contributed by atoms with Crippen molar-refractivity contribution in [3.05, 3.63) is 82.0 Å². The zero-order valence-corrected chi connectivity index (χ0v) is 18.2. The second-order valence-electron chi connectivity index (χ2n) is 7.41.